The third-order valence-electron chi connectivity index (χ3n) is 12.3. The highest BCUT2D eigenvalue weighted by Gasteiger charge is 2.50. The van der Waals surface area contributed by atoms with Crippen molar-refractivity contribution in [3.05, 3.63) is 235 Å². The van der Waals surface area contributed by atoms with Gasteiger partial charge in [0.25, 0.3) is 0 Å². The van der Waals surface area contributed by atoms with Gasteiger partial charge < -0.3 is 4.90 Å². The Labute approximate surface area is 336 Å². The highest BCUT2D eigenvalue weighted by molar-refractivity contribution is 7.26. The van der Waals surface area contributed by atoms with Gasteiger partial charge in [-0.2, -0.15) is 0 Å². The predicted octanol–water partition coefficient (Wildman–Crippen LogP) is 15.2. The van der Waals surface area contributed by atoms with Crippen LogP contribution in [0.5, 0.6) is 0 Å². The van der Waals surface area contributed by atoms with Crippen LogP contribution in [0, 0.1) is 0 Å². The van der Waals surface area contributed by atoms with Crippen molar-refractivity contribution in [1.82, 2.24) is 0 Å². The highest BCUT2D eigenvalue weighted by Crippen LogP contribution is 2.64. The molecule has 2 heteroatoms. The maximum absolute atomic E-state index is 2.52. The van der Waals surface area contributed by atoms with Crippen LogP contribution >= 0.6 is 11.3 Å². The summed E-state index contributed by atoms with van der Waals surface area (Å²) in [5, 5.41) is 2.65. The lowest BCUT2D eigenvalue weighted by atomic mass is 9.65. The molecule has 1 spiro atoms. The molecule has 10 aromatic rings. The van der Waals surface area contributed by atoms with Gasteiger partial charge in [-0.1, -0.05) is 176 Å². The van der Waals surface area contributed by atoms with E-state index < -0.39 is 5.41 Å². The van der Waals surface area contributed by atoms with E-state index in [1.165, 1.54) is 86.9 Å². The molecule has 2 aliphatic carbocycles. The maximum Gasteiger partial charge on any atom is 0.0726 e. The van der Waals surface area contributed by atoms with E-state index in [-0.39, 0.29) is 0 Å². The van der Waals surface area contributed by atoms with E-state index in [0.29, 0.717) is 0 Å². The third-order valence-corrected chi connectivity index (χ3v) is 13.5. The number of fused-ring (bicyclic) bond motifs is 16. The van der Waals surface area contributed by atoms with Crippen LogP contribution in [-0.2, 0) is 5.41 Å². The zero-order valence-corrected chi connectivity index (χ0v) is 31.9. The molecule has 1 unspecified atom stereocenters. The van der Waals surface area contributed by atoms with Crippen molar-refractivity contribution in [2.24, 2.45) is 0 Å². The molecule has 0 saturated heterocycles. The van der Waals surface area contributed by atoms with Gasteiger partial charge in [-0.25, -0.2) is 0 Å². The molecular weight excluding hydrogens is 707 g/mol. The van der Waals surface area contributed by atoms with Gasteiger partial charge in [0.2, 0.25) is 0 Å². The summed E-state index contributed by atoms with van der Waals surface area (Å²) < 4.78 is 2.68. The monoisotopic (exact) mass is 741 g/mol. The zero-order chi connectivity index (χ0) is 37.5. The molecule has 0 amide bonds. The Hall–Kier alpha value is -7.00. The van der Waals surface area contributed by atoms with Crippen molar-refractivity contribution in [2.75, 3.05) is 4.90 Å². The van der Waals surface area contributed by atoms with E-state index in [9.17, 15) is 0 Å². The topological polar surface area (TPSA) is 3.24 Å². The van der Waals surface area contributed by atoms with E-state index >= 15 is 0 Å². The van der Waals surface area contributed by atoms with E-state index in [4.69, 9.17) is 0 Å². The van der Waals surface area contributed by atoms with Gasteiger partial charge in [0.05, 0.1) is 11.1 Å². The standard InChI is InChI=1S/C55H35NS/c1-3-17-36(18-4-1)39-21-11-15-29-51(39)56(37-19-5-2-6-20-37)38-31-32-43-41-23-8-7-22-40(41)42-24-9-13-27-47(42)55(50(43)35-38)48-28-14-10-26-46(48)53-49(55)34-33-45-44-25-12-16-30-52(44)57-54(45)53/h1-35H. The second-order valence-corrected chi connectivity index (χ2v) is 16.2. The fourth-order valence-electron chi connectivity index (χ4n) is 10.0. The number of benzene rings is 9. The molecule has 0 N–H and O–H groups in total. The lowest BCUT2D eigenvalue weighted by Crippen LogP contribution is -2.29. The number of para-hydroxylation sites is 2. The fraction of sp³-hybridized carbons (Fsp3) is 0.0182. The SMILES string of the molecule is c1ccc(-c2ccccc2N(c2ccccc2)c2ccc3c(c2)C2(c4ccccc4-c4ccccc4-3)c3ccccc3-c3c2ccc2c3sc3ccccc32)cc1. The fourth-order valence-corrected chi connectivity index (χ4v) is 11.3. The number of rotatable bonds is 4. The minimum Gasteiger partial charge on any atom is -0.310 e. The number of thiophene rings is 1. The lowest BCUT2D eigenvalue weighted by molar-refractivity contribution is 0.776. The van der Waals surface area contributed by atoms with Crippen LogP contribution in [0.25, 0.3) is 64.7 Å². The lowest BCUT2D eigenvalue weighted by Gasteiger charge is -2.36. The molecule has 266 valence electrons. The molecule has 1 nitrogen and oxygen atoms in total. The molecule has 12 rings (SSSR count). The smallest absolute Gasteiger partial charge is 0.0726 e. The Morgan fingerprint density at radius 2 is 0.930 bits per heavy atom. The van der Waals surface area contributed by atoms with Crippen LogP contribution in [0.3, 0.4) is 0 Å². The highest BCUT2D eigenvalue weighted by atomic mass is 32.1. The Bertz CT molecular complexity index is 3190. The van der Waals surface area contributed by atoms with Crippen LogP contribution in [0.15, 0.2) is 212 Å². The number of hydrogen-bond acceptors (Lipinski definition) is 2. The average Bonchev–Trinajstić information content (AvgIpc) is 3.78. The molecule has 0 aliphatic heterocycles. The molecule has 0 bridgehead atoms. The van der Waals surface area contributed by atoms with Crippen LogP contribution in [0.4, 0.5) is 17.1 Å². The summed E-state index contributed by atoms with van der Waals surface area (Å²) in [5.41, 5.74) is 18.2. The van der Waals surface area contributed by atoms with Crippen molar-refractivity contribution in [2.45, 2.75) is 5.41 Å². The average molecular weight is 742 g/mol. The van der Waals surface area contributed by atoms with E-state index in [2.05, 4.69) is 217 Å². The van der Waals surface area contributed by atoms with Crippen molar-refractivity contribution in [3.8, 4) is 44.5 Å². The zero-order valence-electron chi connectivity index (χ0n) is 31.1. The van der Waals surface area contributed by atoms with Crippen LogP contribution < -0.4 is 4.90 Å². The maximum atomic E-state index is 2.52. The van der Waals surface area contributed by atoms with E-state index in [0.717, 1.165) is 17.1 Å². The molecule has 0 fully saturated rings. The van der Waals surface area contributed by atoms with Gasteiger partial charge in [0.1, 0.15) is 0 Å². The van der Waals surface area contributed by atoms with Gasteiger partial charge in [0.15, 0.2) is 0 Å². The van der Waals surface area contributed by atoms with Crippen molar-refractivity contribution < 1.29 is 0 Å². The summed E-state index contributed by atoms with van der Waals surface area (Å²) in [6.07, 6.45) is 0. The third kappa shape index (κ3) is 4.56. The molecule has 1 heterocycles. The number of nitrogens with zero attached hydrogens (tertiary/aromatic N) is 1. The molecule has 2 aliphatic rings. The molecule has 1 aromatic heterocycles. The van der Waals surface area contributed by atoms with Crippen LogP contribution in [0.1, 0.15) is 22.3 Å². The van der Waals surface area contributed by atoms with Crippen LogP contribution in [0.2, 0.25) is 0 Å². The van der Waals surface area contributed by atoms with E-state index in [1.54, 1.807) is 0 Å². The van der Waals surface area contributed by atoms with E-state index in [1.807, 2.05) is 11.3 Å². The number of hydrogen-bond donors (Lipinski definition) is 0. The van der Waals surface area contributed by atoms with Crippen molar-refractivity contribution in [3.63, 3.8) is 0 Å². The minimum absolute atomic E-state index is 0.599. The molecule has 9 aromatic carbocycles. The Morgan fingerprint density at radius 1 is 0.351 bits per heavy atom. The largest absolute Gasteiger partial charge is 0.310 e. The van der Waals surface area contributed by atoms with Gasteiger partial charge in [-0.15, -0.1) is 11.3 Å². The number of anilines is 3. The minimum atomic E-state index is -0.599. The quantitative estimate of drug-likeness (QED) is 0.174. The molecule has 1 atom stereocenters. The molecule has 0 saturated carbocycles. The predicted molar refractivity (Wildman–Crippen MR) is 241 cm³/mol. The van der Waals surface area contributed by atoms with Gasteiger partial charge in [-0.3, -0.25) is 0 Å². The summed E-state index contributed by atoms with van der Waals surface area (Å²) in [7, 11) is 0. The van der Waals surface area contributed by atoms with Crippen LogP contribution in [-0.4, -0.2) is 0 Å². The second kappa shape index (κ2) is 12.5. The summed E-state index contributed by atoms with van der Waals surface area (Å²) in [5.74, 6) is 0. The van der Waals surface area contributed by atoms with Gasteiger partial charge >= 0.3 is 0 Å². The Kier molecular flexibility index (Phi) is 7.08. The first kappa shape index (κ1) is 32.3. The summed E-state index contributed by atoms with van der Waals surface area (Å²) in [6, 6.07) is 78.9. The first-order chi connectivity index (χ1) is 28.3. The first-order valence-corrected chi connectivity index (χ1v) is 20.5. The Morgan fingerprint density at radius 3 is 1.70 bits per heavy atom. The van der Waals surface area contributed by atoms with Gasteiger partial charge in [0, 0.05) is 42.7 Å². The first-order valence-electron chi connectivity index (χ1n) is 19.7. The van der Waals surface area contributed by atoms with Crippen molar-refractivity contribution >= 4 is 48.6 Å². The molecule has 57 heavy (non-hydrogen) atoms. The van der Waals surface area contributed by atoms with Gasteiger partial charge in [-0.05, 0) is 92.0 Å². The summed E-state index contributed by atoms with van der Waals surface area (Å²) in [4.78, 5) is 2.45. The summed E-state index contributed by atoms with van der Waals surface area (Å²) in [6.45, 7) is 0. The molecule has 0 radical (unpaired) electrons. The summed E-state index contributed by atoms with van der Waals surface area (Å²) >= 11 is 1.93. The molecular formula is C55H35NS. The Balaban J connectivity index is 1.23. The normalized spacial score (nSPS) is 14.7. The second-order valence-electron chi connectivity index (χ2n) is 15.1. The van der Waals surface area contributed by atoms with Crippen molar-refractivity contribution in [1.29, 1.82) is 0 Å².